The number of hydrogen-bond donors (Lipinski definition) is 1. The summed E-state index contributed by atoms with van der Waals surface area (Å²) in [7, 11) is 1.57. The van der Waals surface area contributed by atoms with Crippen molar-refractivity contribution >= 4 is 23.3 Å². The standard InChI is InChI=1S/C16H15N3O4/c1-22-12-6-4-11(5-7-12)18-14(20)9-19-15(21)10-23-13-3-2-8-17-16(13)19/h2-8H,9-10H2,1H3,(H,18,20). The smallest absolute Gasteiger partial charge is 0.266 e. The summed E-state index contributed by atoms with van der Waals surface area (Å²) in [6.45, 7) is -0.229. The Bertz CT molecular complexity index is 730. The van der Waals surface area contributed by atoms with E-state index < -0.39 is 0 Å². The van der Waals surface area contributed by atoms with E-state index in [2.05, 4.69) is 10.3 Å². The fourth-order valence-electron chi connectivity index (χ4n) is 2.21. The van der Waals surface area contributed by atoms with Gasteiger partial charge in [0.25, 0.3) is 5.91 Å². The molecule has 1 aliphatic rings. The van der Waals surface area contributed by atoms with E-state index in [1.165, 1.54) is 4.90 Å². The topological polar surface area (TPSA) is 80.8 Å². The highest BCUT2D eigenvalue weighted by atomic mass is 16.5. The Morgan fingerprint density at radius 1 is 1.35 bits per heavy atom. The molecule has 1 aromatic heterocycles. The second-order valence-electron chi connectivity index (χ2n) is 4.87. The van der Waals surface area contributed by atoms with Gasteiger partial charge in [-0.1, -0.05) is 0 Å². The molecule has 0 aliphatic carbocycles. The predicted molar refractivity (Wildman–Crippen MR) is 83.7 cm³/mol. The molecule has 1 aromatic carbocycles. The number of amides is 2. The van der Waals surface area contributed by atoms with Crippen LogP contribution in [0.15, 0.2) is 42.6 Å². The van der Waals surface area contributed by atoms with E-state index in [0.717, 1.165) is 0 Å². The molecular weight excluding hydrogens is 298 g/mol. The quantitative estimate of drug-likeness (QED) is 0.924. The molecule has 0 saturated carbocycles. The van der Waals surface area contributed by atoms with Gasteiger partial charge in [0.15, 0.2) is 18.2 Å². The number of hydrogen-bond acceptors (Lipinski definition) is 5. The van der Waals surface area contributed by atoms with Crippen LogP contribution in [0.4, 0.5) is 11.5 Å². The minimum atomic E-state index is -0.318. The summed E-state index contributed by atoms with van der Waals surface area (Å²) in [6.07, 6.45) is 1.55. The first kappa shape index (κ1) is 14.8. The maximum Gasteiger partial charge on any atom is 0.266 e. The van der Waals surface area contributed by atoms with Crippen LogP contribution in [0.2, 0.25) is 0 Å². The van der Waals surface area contributed by atoms with E-state index in [0.29, 0.717) is 23.0 Å². The molecule has 23 heavy (non-hydrogen) atoms. The van der Waals surface area contributed by atoms with Gasteiger partial charge in [-0.05, 0) is 36.4 Å². The maximum atomic E-state index is 12.2. The van der Waals surface area contributed by atoms with Gasteiger partial charge >= 0.3 is 0 Å². The van der Waals surface area contributed by atoms with Crippen molar-refractivity contribution in [2.45, 2.75) is 0 Å². The highest BCUT2D eigenvalue weighted by Gasteiger charge is 2.28. The molecule has 0 unspecified atom stereocenters. The Morgan fingerprint density at radius 2 is 2.13 bits per heavy atom. The molecule has 0 spiro atoms. The van der Waals surface area contributed by atoms with Crippen molar-refractivity contribution in [1.82, 2.24) is 4.98 Å². The number of ether oxygens (including phenoxy) is 2. The SMILES string of the molecule is COc1ccc(NC(=O)CN2C(=O)COc3cccnc32)cc1. The van der Waals surface area contributed by atoms with E-state index in [9.17, 15) is 9.59 Å². The zero-order valence-electron chi connectivity index (χ0n) is 12.5. The number of rotatable bonds is 4. The zero-order chi connectivity index (χ0) is 16.2. The Kier molecular flexibility index (Phi) is 4.09. The van der Waals surface area contributed by atoms with Crippen molar-refractivity contribution in [2.75, 3.05) is 30.5 Å². The molecule has 7 heteroatoms. The van der Waals surface area contributed by atoms with Gasteiger partial charge in [0, 0.05) is 11.9 Å². The van der Waals surface area contributed by atoms with Crippen molar-refractivity contribution in [2.24, 2.45) is 0 Å². The van der Waals surface area contributed by atoms with Crippen molar-refractivity contribution in [3.63, 3.8) is 0 Å². The summed E-state index contributed by atoms with van der Waals surface area (Å²) in [5.41, 5.74) is 0.623. The molecule has 2 aromatic rings. The molecule has 3 rings (SSSR count). The lowest BCUT2D eigenvalue weighted by atomic mass is 10.3. The summed E-state index contributed by atoms with van der Waals surface area (Å²) < 4.78 is 10.4. The van der Waals surface area contributed by atoms with Crippen LogP contribution in [0.1, 0.15) is 0 Å². The van der Waals surface area contributed by atoms with Crippen molar-refractivity contribution in [1.29, 1.82) is 0 Å². The molecule has 0 atom stereocenters. The van der Waals surface area contributed by atoms with Gasteiger partial charge in [-0.15, -0.1) is 0 Å². The third-order valence-corrected chi connectivity index (χ3v) is 3.33. The lowest BCUT2D eigenvalue weighted by Gasteiger charge is -2.27. The average Bonchev–Trinajstić information content (AvgIpc) is 2.58. The van der Waals surface area contributed by atoms with Gasteiger partial charge in [0.05, 0.1) is 7.11 Å². The van der Waals surface area contributed by atoms with E-state index >= 15 is 0 Å². The normalized spacial score (nSPS) is 13.1. The average molecular weight is 313 g/mol. The number of nitrogens with one attached hydrogen (secondary N) is 1. The highest BCUT2D eigenvalue weighted by Crippen LogP contribution is 2.28. The van der Waals surface area contributed by atoms with Crippen LogP contribution in [0.5, 0.6) is 11.5 Å². The molecule has 0 bridgehead atoms. The van der Waals surface area contributed by atoms with Gasteiger partial charge in [0.1, 0.15) is 12.3 Å². The number of aromatic nitrogens is 1. The molecule has 118 valence electrons. The number of fused-ring (bicyclic) bond motifs is 1. The first-order valence-electron chi connectivity index (χ1n) is 6.99. The van der Waals surface area contributed by atoms with Crippen molar-refractivity contribution < 1.29 is 19.1 Å². The summed E-state index contributed by atoms with van der Waals surface area (Å²) >= 11 is 0. The van der Waals surface area contributed by atoms with Crippen LogP contribution in [0, 0.1) is 0 Å². The molecule has 1 aliphatic heterocycles. The number of benzene rings is 1. The number of pyridine rings is 1. The monoisotopic (exact) mass is 313 g/mol. The second kappa shape index (κ2) is 6.35. The van der Waals surface area contributed by atoms with Crippen LogP contribution >= 0.6 is 0 Å². The molecule has 2 amide bonds. The lowest BCUT2D eigenvalue weighted by molar-refractivity contribution is -0.123. The zero-order valence-corrected chi connectivity index (χ0v) is 12.5. The van der Waals surface area contributed by atoms with E-state index in [1.54, 1.807) is 49.7 Å². The third kappa shape index (κ3) is 3.23. The Balaban J connectivity index is 1.71. The molecule has 0 fully saturated rings. The van der Waals surface area contributed by atoms with E-state index in [4.69, 9.17) is 9.47 Å². The van der Waals surface area contributed by atoms with Crippen molar-refractivity contribution in [3.05, 3.63) is 42.6 Å². The number of nitrogens with zero attached hydrogens (tertiary/aromatic N) is 2. The van der Waals surface area contributed by atoms with Gasteiger partial charge in [-0.2, -0.15) is 0 Å². The minimum absolute atomic E-state index is 0.103. The fourth-order valence-corrected chi connectivity index (χ4v) is 2.21. The predicted octanol–water partition coefficient (Wildman–Crippen LogP) is 1.45. The van der Waals surface area contributed by atoms with Gasteiger partial charge in [-0.25, -0.2) is 4.98 Å². The van der Waals surface area contributed by atoms with Crippen LogP contribution in [-0.2, 0) is 9.59 Å². The van der Waals surface area contributed by atoms with E-state index in [-0.39, 0.29) is 25.0 Å². The van der Waals surface area contributed by atoms with Crippen LogP contribution < -0.4 is 19.7 Å². The fraction of sp³-hybridized carbons (Fsp3) is 0.188. The summed E-state index contributed by atoms with van der Waals surface area (Å²) in [5, 5.41) is 2.73. The number of carbonyl (C=O) groups excluding carboxylic acids is 2. The highest BCUT2D eigenvalue weighted by molar-refractivity contribution is 6.04. The van der Waals surface area contributed by atoms with Gasteiger partial charge in [-0.3, -0.25) is 14.5 Å². The molecule has 1 N–H and O–H groups in total. The lowest BCUT2D eigenvalue weighted by Crippen LogP contribution is -2.43. The van der Waals surface area contributed by atoms with Crippen LogP contribution in [0.25, 0.3) is 0 Å². The number of methoxy groups -OCH3 is 1. The number of carbonyl (C=O) groups is 2. The largest absolute Gasteiger partial charge is 0.497 e. The van der Waals surface area contributed by atoms with E-state index in [1.807, 2.05) is 0 Å². The molecule has 7 nitrogen and oxygen atoms in total. The summed E-state index contributed by atoms with van der Waals surface area (Å²) in [6, 6.07) is 10.4. The third-order valence-electron chi connectivity index (χ3n) is 3.33. The molecule has 0 saturated heterocycles. The molecule has 2 heterocycles. The Labute approximate surface area is 132 Å². The minimum Gasteiger partial charge on any atom is -0.497 e. The maximum absolute atomic E-state index is 12.2. The number of anilines is 2. The van der Waals surface area contributed by atoms with Crippen LogP contribution in [-0.4, -0.2) is 37.1 Å². The molecular formula is C16H15N3O4. The summed E-state index contributed by atoms with van der Waals surface area (Å²) in [4.78, 5) is 29.6. The van der Waals surface area contributed by atoms with Gasteiger partial charge in [0.2, 0.25) is 5.91 Å². The second-order valence-corrected chi connectivity index (χ2v) is 4.87. The first-order valence-corrected chi connectivity index (χ1v) is 6.99. The van der Waals surface area contributed by atoms with Gasteiger partial charge < -0.3 is 14.8 Å². The molecule has 0 radical (unpaired) electrons. The Hall–Kier alpha value is -3.09. The van der Waals surface area contributed by atoms with Crippen LogP contribution in [0.3, 0.4) is 0 Å². The first-order chi connectivity index (χ1) is 11.2. The Morgan fingerprint density at radius 3 is 2.87 bits per heavy atom. The van der Waals surface area contributed by atoms with Crippen molar-refractivity contribution in [3.8, 4) is 11.5 Å². The summed E-state index contributed by atoms with van der Waals surface area (Å²) in [5.74, 6) is 0.922.